The first kappa shape index (κ1) is 22.5. The molecule has 1 amide bonds. The fourth-order valence-corrected chi connectivity index (χ4v) is 4.56. The number of anilines is 2. The zero-order valence-corrected chi connectivity index (χ0v) is 19.8. The largest absolute Gasteiger partial charge is 0.370 e. The minimum atomic E-state index is -0.258. The maximum atomic E-state index is 13.2. The summed E-state index contributed by atoms with van der Waals surface area (Å²) in [5, 5.41) is 15.5. The summed E-state index contributed by atoms with van der Waals surface area (Å²) in [5.41, 5.74) is 9.47. The van der Waals surface area contributed by atoms with E-state index in [1.807, 2.05) is 37.1 Å². The van der Waals surface area contributed by atoms with Crippen LogP contribution in [0.3, 0.4) is 0 Å². The molecule has 3 aromatic heterocycles. The van der Waals surface area contributed by atoms with Gasteiger partial charge in [-0.05, 0) is 70.1 Å². The minimum Gasteiger partial charge on any atom is -0.370 e. The SMILES string of the molecule is C=C(C)c1nn(C2CCC(NNC)CC2)cc1NC(=O)c1cnn2ccc(NCC3CC3)nc12. The summed E-state index contributed by atoms with van der Waals surface area (Å²) < 4.78 is 3.61. The molecule has 0 radical (unpaired) electrons. The fourth-order valence-electron chi connectivity index (χ4n) is 4.56. The molecule has 0 bridgehead atoms. The number of allylic oxidation sites excluding steroid dienone is 1. The van der Waals surface area contributed by atoms with Crippen molar-refractivity contribution in [1.82, 2.24) is 35.2 Å². The van der Waals surface area contributed by atoms with E-state index in [0.29, 0.717) is 34.7 Å². The Labute approximate surface area is 199 Å². The summed E-state index contributed by atoms with van der Waals surface area (Å²) in [5.74, 6) is 1.23. The molecule has 0 spiro atoms. The fraction of sp³-hybridized carbons (Fsp3) is 0.500. The molecule has 4 N–H and O–H groups in total. The standard InChI is InChI=1S/C24H33N9O/c1-15(2)22-20(14-33(31-22)18-8-6-17(7-9-18)30-25-3)28-24(34)19-13-27-32-11-10-21(29-23(19)32)26-12-16-4-5-16/h10-11,13-14,16-18,25,30H,1,4-9,12H2,2-3H3,(H,26,29)(H,28,34). The van der Waals surface area contributed by atoms with Gasteiger partial charge in [0.1, 0.15) is 17.1 Å². The minimum absolute atomic E-state index is 0.258. The zero-order chi connectivity index (χ0) is 23.7. The highest BCUT2D eigenvalue weighted by Gasteiger charge is 2.25. The lowest BCUT2D eigenvalue weighted by molar-refractivity contribution is 0.102. The molecule has 34 heavy (non-hydrogen) atoms. The molecule has 2 aliphatic rings. The number of hydrogen-bond donors (Lipinski definition) is 4. The molecule has 2 aliphatic carbocycles. The summed E-state index contributed by atoms with van der Waals surface area (Å²) in [6.07, 6.45) is 12.0. The zero-order valence-electron chi connectivity index (χ0n) is 19.8. The number of aromatic nitrogens is 5. The van der Waals surface area contributed by atoms with E-state index in [1.165, 1.54) is 12.8 Å². The predicted molar refractivity (Wildman–Crippen MR) is 133 cm³/mol. The molecule has 3 heterocycles. The van der Waals surface area contributed by atoms with Gasteiger partial charge in [-0.2, -0.15) is 10.2 Å². The van der Waals surface area contributed by atoms with Crippen LogP contribution < -0.4 is 21.5 Å². The Balaban J connectivity index is 1.33. The van der Waals surface area contributed by atoms with Gasteiger partial charge in [0.2, 0.25) is 0 Å². The van der Waals surface area contributed by atoms with Crippen LogP contribution in [0.4, 0.5) is 11.5 Å². The highest BCUT2D eigenvalue weighted by molar-refractivity contribution is 6.09. The van der Waals surface area contributed by atoms with Crippen LogP contribution in [0.2, 0.25) is 0 Å². The second-order valence-electron chi connectivity index (χ2n) is 9.47. The van der Waals surface area contributed by atoms with Gasteiger partial charge in [0.05, 0.1) is 17.9 Å². The Hall–Kier alpha value is -3.24. The van der Waals surface area contributed by atoms with Crippen LogP contribution >= 0.6 is 0 Å². The summed E-state index contributed by atoms with van der Waals surface area (Å²) in [7, 11) is 1.90. The number of nitrogens with one attached hydrogen (secondary N) is 4. The van der Waals surface area contributed by atoms with Crippen LogP contribution in [0.1, 0.15) is 67.5 Å². The summed E-state index contributed by atoms with van der Waals surface area (Å²) in [4.78, 5) is 17.9. The summed E-state index contributed by atoms with van der Waals surface area (Å²) in [6.45, 7) is 6.89. The van der Waals surface area contributed by atoms with Gasteiger partial charge in [-0.1, -0.05) is 6.58 Å². The number of rotatable bonds is 9. The first-order valence-corrected chi connectivity index (χ1v) is 12.1. The van der Waals surface area contributed by atoms with Gasteiger partial charge in [-0.3, -0.25) is 20.3 Å². The Morgan fingerprint density at radius 2 is 2.00 bits per heavy atom. The van der Waals surface area contributed by atoms with E-state index >= 15 is 0 Å². The van der Waals surface area contributed by atoms with Crippen LogP contribution in [-0.2, 0) is 0 Å². The molecular formula is C24H33N9O. The van der Waals surface area contributed by atoms with E-state index < -0.39 is 0 Å². The summed E-state index contributed by atoms with van der Waals surface area (Å²) >= 11 is 0. The number of hydrazine groups is 1. The molecule has 5 rings (SSSR count). The third-order valence-electron chi connectivity index (χ3n) is 6.69. The molecule has 3 aromatic rings. The van der Waals surface area contributed by atoms with Gasteiger partial charge in [-0.25, -0.2) is 9.50 Å². The normalized spacial score (nSPS) is 20.4. The van der Waals surface area contributed by atoms with Gasteiger partial charge in [-0.15, -0.1) is 0 Å². The topological polar surface area (TPSA) is 113 Å². The number of fused-ring (bicyclic) bond motifs is 1. The van der Waals surface area contributed by atoms with Crippen molar-refractivity contribution in [2.24, 2.45) is 5.92 Å². The third-order valence-corrected chi connectivity index (χ3v) is 6.69. The molecule has 10 nitrogen and oxygen atoms in total. The lowest BCUT2D eigenvalue weighted by atomic mass is 9.92. The maximum Gasteiger partial charge on any atom is 0.261 e. The van der Waals surface area contributed by atoms with E-state index in [1.54, 1.807) is 10.7 Å². The van der Waals surface area contributed by atoms with Crippen molar-refractivity contribution in [3.8, 4) is 0 Å². The molecule has 0 saturated heterocycles. The van der Waals surface area contributed by atoms with Gasteiger partial charge in [0, 0.05) is 25.0 Å². The van der Waals surface area contributed by atoms with Crippen LogP contribution in [-0.4, -0.2) is 49.9 Å². The molecule has 0 aromatic carbocycles. The summed E-state index contributed by atoms with van der Waals surface area (Å²) in [6, 6.07) is 2.66. The second kappa shape index (κ2) is 9.55. The number of carbonyl (C=O) groups is 1. The highest BCUT2D eigenvalue weighted by Crippen LogP contribution is 2.32. The maximum absolute atomic E-state index is 13.2. The molecule has 2 saturated carbocycles. The highest BCUT2D eigenvalue weighted by atomic mass is 16.1. The molecule has 10 heteroatoms. The van der Waals surface area contributed by atoms with E-state index in [2.05, 4.69) is 38.1 Å². The first-order valence-electron chi connectivity index (χ1n) is 12.1. The van der Waals surface area contributed by atoms with E-state index in [9.17, 15) is 4.79 Å². The first-order chi connectivity index (χ1) is 16.5. The van der Waals surface area contributed by atoms with Crippen molar-refractivity contribution in [2.45, 2.75) is 57.5 Å². The number of amides is 1. The van der Waals surface area contributed by atoms with Crippen molar-refractivity contribution < 1.29 is 4.79 Å². The van der Waals surface area contributed by atoms with Gasteiger partial charge in [0.25, 0.3) is 5.91 Å². The smallest absolute Gasteiger partial charge is 0.261 e. The van der Waals surface area contributed by atoms with Crippen LogP contribution in [0, 0.1) is 5.92 Å². The molecular weight excluding hydrogens is 430 g/mol. The van der Waals surface area contributed by atoms with Crippen molar-refractivity contribution in [2.75, 3.05) is 24.2 Å². The predicted octanol–water partition coefficient (Wildman–Crippen LogP) is 3.24. The third kappa shape index (κ3) is 4.83. The molecule has 2 fully saturated rings. The van der Waals surface area contributed by atoms with Crippen LogP contribution in [0.5, 0.6) is 0 Å². The average molecular weight is 464 g/mol. The number of hydrogen-bond acceptors (Lipinski definition) is 7. The molecule has 0 unspecified atom stereocenters. The number of nitrogens with zero attached hydrogens (tertiary/aromatic N) is 5. The van der Waals surface area contributed by atoms with E-state index in [-0.39, 0.29) is 5.91 Å². The van der Waals surface area contributed by atoms with Crippen molar-refractivity contribution in [1.29, 1.82) is 0 Å². The molecule has 180 valence electrons. The van der Waals surface area contributed by atoms with Crippen molar-refractivity contribution >= 4 is 28.6 Å². The average Bonchev–Trinajstić information content (AvgIpc) is 3.41. The Morgan fingerprint density at radius 1 is 1.21 bits per heavy atom. The monoisotopic (exact) mass is 463 g/mol. The number of carbonyl (C=O) groups excluding carboxylic acids is 1. The van der Waals surface area contributed by atoms with Gasteiger partial charge in [0.15, 0.2) is 5.65 Å². The Bertz CT molecular complexity index is 1180. The quantitative estimate of drug-likeness (QED) is 0.360. The van der Waals surface area contributed by atoms with Crippen molar-refractivity contribution in [3.63, 3.8) is 0 Å². The molecule has 0 atom stereocenters. The lowest BCUT2D eigenvalue weighted by Gasteiger charge is -2.29. The van der Waals surface area contributed by atoms with Gasteiger partial charge >= 0.3 is 0 Å². The Morgan fingerprint density at radius 3 is 2.71 bits per heavy atom. The van der Waals surface area contributed by atoms with E-state index in [4.69, 9.17) is 5.10 Å². The second-order valence-corrected chi connectivity index (χ2v) is 9.47. The molecule has 0 aliphatic heterocycles. The lowest BCUT2D eigenvalue weighted by Crippen LogP contribution is -2.40. The van der Waals surface area contributed by atoms with Crippen LogP contribution in [0.15, 0.2) is 31.2 Å². The van der Waals surface area contributed by atoms with Crippen LogP contribution in [0.25, 0.3) is 11.2 Å². The van der Waals surface area contributed by atoms with Gasteiger partial charge < -0.3 is 10.6 Å². The Kier molecular flexibility index (Phi) is 6.34. The van der Waals surface area contributed by atoms with E-state index in [0.717, 1.165) is 49.5 Å². The van der Waals surface area contributed by atoms with Crippen molar-refractivity contribution in [3.05, 3.63) is 42.5 Å².